The summed E-state index contributed by atoms with van der Waals surface area (Å²) in [6, 6.07) is 9.21. The number of carboxylic acids is 1. The van der Waals surface area contributed by atoms with Crippen molar-refractivity contribution in [1.82, 2.24) is 5.43 Å². The molecule has 1 heterocycles. The van der Waals surface area contributed by atoms with Crippen molar-refractivity contribution >= 4 is 28.7 Å². The molecule has 0 spiro atoms. The third-order valence-electron chi connectivity index (χ3n) is 2.54. The number of hydrogen-bond donors (Lipinski definition) is 2. The van der Waals surface area contributed by atoms with Gasteiger partial charge in [-0.15, -0.1) is 0 Å². The van der Waals surface area contributed by atoms with Crippen LogP contribution in [-0.4, -0.2) is 34.1 Å². The summed E-state index contributed by atoms with van der Waals surface area (Å²) in [6.45, 7) is 0. The Kier molecular flexibility index (Phi) is 3.75. The molecule has 19 heavy (non-hydrogen) atoms. The van der Waals surface area contributed by atoms with Crippen molar-refractivity contribution in [2.24, 2.45) is 5.10 Å². The molecule has 0 amide bonds. The highest BCUT2D eigenvalue weighted by Crippen LogP contribution is 2.35. The second-order valence-electron chi connectivity index (χ2n) is 3.89. The van der Waals surface area contributed by atoms with E-state index in [1.807, 2.05) is 30.3 Å². The Morgan fingerprint density at radius 2 is 2.11 bits per heavy atom. The predicted molar refractivity (Wildman–Crippen MR) is 70.7 cm³/mol. The SMILES string of the molecule is COC(=O)C1(CC(=O)O)NN=C(c2ccccc2)S1. The maximum Gasteiger partial charge on any atom is 0.344 e. The summed E-state index contributed by atoms with van der Waals surface area (Å²) >= 11 is 1.06. The van der Waals surface area contributed by atoms with Crippen LogP contribution in [0.3, 0.4) is 0 Å². The van der Waals surface area contributed by atoms with Gasteiger partial charge in [0.05, 0.1) is 13.5 Å². The molecule has 1 unspecified atom stereocenters. The number of nitrogens with one attached hydrogen (secondary N) is 1. The van der Waals surface area contributed by atoms with Gasteiger partial charge in [0.15, 0.2) is 0 Å². The summed E-state index contributed by atoms with van der Waals surface area (Å²) in [5.74, 6) is -1.76. The van der Waals surface area contributed by atoms with Gasteiger partial charge in [-0.3, -0.25) is 10.2 Å². The van der Waals surface area contributed by atoms with Crippen molar-refractivity contribution in [3.63, 3.8) is 0 Å². The Morgan fingerprint density at radius 3 is 2.68 bits per heavy atom. The lowest BCUT2D eigenvalue weighted by Crippen LogP contribution is -2.46. The van der Waals surface area contributed by atoms with E-state index in [0.29, 0.717) is 5.04 Å². The van der Waals surface area contributed by atoms with Gasteiger partial charge < -0.3 is 9.84 Å². The molecule has 2 rings (SSSR count). The molecule has 0 fully saturated rings. The minimum Gasteiger partial charge on any atom is -0.481 e. The van der Waals surface area contributed by atoms with E-state index in [9.17, 15) is 9.59 Å². The molecule has 0 radical (unpaired) electrons. The first-order valence-electron chi connectivity index (χ1n) is 5.47. The van der Waals surface area contributed by atoms with Gasteiger partial charge in [0.1, 0.15) is 5.04 Å². The predicted octanol–water partition coefficient (Wildman–Crippen LogP) is 1.03. The number of ether oxygens (including phenoxy) is 1. The molecule has 1 aromatic rings. The van der Waals surface area contributed by atoms with Crippen LogP contribution < -0.4 is 5.43 Å². The molecule has 1 aliphatic rings. The summed E-state index contributed by atoms with van der Waals surface area (Å²) < 4.78 is 4.66. The molecule has 6 nitrogen and oxygen atoms in total. The number of nitrogens with zero attached hydrogens (tertiary/aromatic N) is 1. The summed E-state index contributed by atoms with van der Waals surface area (Å²) in [6.07, 6.45) is -0.413. The highest BCUT2D eigenvalue weighted by molar-refractivity contribution is 8.16. The van der Waals surface area contributed by atoms with Crippen LogP contribution in [-0.2, 0) is 14.3 Å². The van der Waals surface area contributed by atoms with Gasteiger partial charge >= 0.3 is 11.9 Å². The maximum atomic E-state index is 11.8. The van der Waals surface area contributed by atoms with Crippen molar-refractivity contribution in [3.8, 4) is 0 Å². The zero-order valence-corrected chi connectivity index (χ0v) is 10.9. The van der Waals surface area contributed by atoms with Gasteiger partial charge in [-0.05, 0) is 0 Å². The fourth-order valence-electron chi connectivity index (χ4n) is 1.67. The van der Waals surface area contributed by atoms with Crippen LogP contribution in [0.5, 0.6) is 0 Å². The van der Waals surface area contributed by atoms with Crippen LogP contribution in [0.15, 0.2) is 35.4 Å². The van der Waals surface area contributed by atoms with Gasteiger partial charge in [0.2, 0.25) is 4.87 Å². The lowest BCUT2D eigenvalue weighted by Gasteiger charge is -2.22. The van der Waals surface area contributed by atoms with Gasteiger partial charge in [-0.25, -0.2) is 4.79 Å². The monoisotopic (exact) mass is 280 g/mol. The highest BCUT2D eigenvalue weighted by Gasteiger charge is 2.47. The molecular weight excluding hydrogens is 268 g/mol. The highest BCUT2D eigenvalue weighted by atomic mass is 32.2. The number of carbonyl (C=O) groups excluding carboxylic acids is 1. The van der Waals surface area contributed by atoms with Crippen molar-refractivity contribution < 1.29 is 19.4 Å². The second-order valence-corrected chi connectivity index (χ2v) is 5.17. The average Bonchev–Trinajstić information content (AvgIpc) is 2.83. The molecule has 0 aliphatic carbocycles. The van der Waals surface area contributed by atoms with E-state index in [1.165, 1.54) is 7.11 Å². The summed E-state index contributed by atoms with van der Waals surface area (Å²) in [7, 11) is 1.22. The van der Waals surface area contributed by atoms with Crippen LogP contribution in [0.4, 0.5) is 0 Å². The maximum absolute atomic E-state index is 11.8. The molecule has 7 heteroatoms. The lowest BCUT2D eigenvalue weighted by molar-refractivity contribution is -0.149. The molecular formula is C12H12N2O4S. The Bertz CT molecular complexity index is 532. The number of thioether (sulfide) groups is 1. The molecule has 0 saturated carbocycles. The van der Waals surface area contributed by atoms with E-state index in [0.717, 1.165) is 17.3 Å². The van der Waals surface area contributed by atoms with E-state index in [1.54, 1.807) is 0 Å². The van der Waals surface area contributed by atoms with Crippen LogP contribution >= 0.6 is 11.8 Å². The smallest absolute Gasteiger partial charge is 0.344 e. The standard InChI is InChI=1S/C12H12N2O4S/c1-18-11(17)12(7-9(15)16)14-13-10(19-12)8-5-3-2-4-6-8/h2-6,14H,7H2,1H3,(H,15,16). The quantitative estimate of drug-likeness (QED) is 0.801. The Morgan fingerprint density at radius 1 is 1.42 bits per heavy atom. The summed E-state index contributed by atoms with van der Waals surface area (Å²) in [4.78, 5) is 21.3. The van der Waals surface area contributed by atoms with E-state index in [2.05, 4.69) is 15.3 Å². The van der Waals surface area contributed by atoms with Crippen LogP contribution in [0.2, 0.25) is 0 Å². The van der Waals surface area contributed by atoms with Crippen molar-refractivity contribution in [2.45, 2.75) is 11.3 Å². The minimum absolute atomic E-state index is 0.413. The molecule has 0 aromatic heterocycles. The number of carboxylic acid groups (broad SMARTS) is 1. The molecule has 1 atom stereocenters. The number of hydrogen-bond acceptors (Lipinski definition) is 6. The Balaban J connectivity index is 2.23. The van der Waals surface area contributed by atoms with Crippen LogP contribution in [0.25, 0.3) is 0 Å². The van der Waals surface area contributed by atoms with Crippen molar-refractivity contribution in [1.29, 1.82) is 0 Å². The zero-order chi connectivity index (χ0) is 13.9. The largest absolute Gasteiger partial charge is 0.481 e. The van der Waals surface area contributed by atoms with E-state index in [-0.39, 0.29) is 0 Å². The van der Waals surface area contributed by atoms with Gasteiger partial charge in [0, 0.05) is 5.56 Å². The normalized spacial score (nSPS) is 21.4. The van der Waals surface area contributed by atoms with E-state index < -0.39 is 23.2 Å². The molecule has 0 saturated heterocycles. The fraction of sp³-hybridized carbons (Fsp3) is 0.250. The average molecular weight is 280 g/mol. The number of esters is 1. The number of rotatable bonds is 4. The molecule has 1 aromatic carbocycles. The lowest BCUT2D eigenvalue weighted by atomic mass is 10.2. The number of methoxy groups -OCH3 is 1. The first-order chi connectivity index (χ1) is 9.07. The minimum atomic E-state index is -1.40. The first-order valence-corrected chi connectivity index (χ1v) is 6.28. The number of carbonyl (C=O) groups is 2. The Hall–Kier alpha value is -2.02. The van der Waals surface area contributed by atoms with Crippen LogP contribution in [0.1, 0.15) is 12.0 Å². The summed E-state index contributed by atoms with van der Waals surface area (Å²) in [5.41, 5.74) is 3.41. The van der Waals surface area contributed by atoms with E-state index in [4.69, 9.17) is 5.11 Å². The molecule has 0 bridgehead atoms. The number of benzene rings is 1. The Labute approximate surface area is 113 Å². The fourth-order valence-corrected chi connectivity index (χ4v) is 2.80. The third kappa shape index (κ3) is 2.70. The third-order valence-corrected chi connectivity index (χ3v) is 3.82. The topological polar surface area (TPSA) is 88.0 Å². The van der Waals surface area contributed by atoms with Gasteiger partial charge in [0.25, 0.3) is 0 Å². The van der Waals surface area contributed by atoms with E-state index >= 15 is 0 Å². The van der Waals surface area contributed by atoms with Crippen molar-refractivity contribution in [3.05, 3.63) is 35.9 Å². The first kappa shape index (κ1) is 13.4. The number of aliphatic carboxylic acids is 1. The number of hydrazone groups is 1. The molecule has 2 N–H and O–H groups in total. The molecule has 100 valence electrons. The van der Waals surface area contributed by atoms with Gasteiger partial charge in [-0.1, -0.05) is 42.1 Å². The zero-order valence-electron chi connectivity index (χ0n) is 10.1. The van der Waals surface area contributed by atoms with Crippen LogP contribution in [0, 0.1) is 0 Å². The molecule has 1 aliphatic heterocycles. The summed E-state index contributed by atoms with van der Waals surface area (Å²) in [5, 5.41) is 13.5. The van der Waals surface area contributed by atoms with Gasteiger partial charge in [-0.2, -0.15) is 5.10 Å². The second kappa shape index (κ2) is 5.31. The van der Waals surface area contributed by atoms with Crippen molar-refractivity contribution in [2.75, 3.05) is 7.11 Å².